The number of rotatable bonds is 3. The number of anilines is 1. The highest BCUT2D eigenvalue weighted by Gasteiger charge is 2.10. The first-order chi connectivity index (χ1) is 7.65. The Morgan fingerprint density at radius 3 is 2.81 bits per heavy atom. The van der Waals surface area contributed by atoms with Crippen LogP contribution in [0.2, 0.25) is 0 Å². The van der Waals surface area contributed by atoms with Crippen LogP contribution in [-0.4, -0.2) is 4.98 Å². The van der Waals surface area contributed by atoms with E-state index in [4.69, 9.17) is 4.42 Å². The SMILES string of the molecule is CC(Nc1cccc(F)n1)c1ccc(Br)o1. The summed E-state index contributed by atoms with van der Waals surface area (Å²) in [6, 6.07) is 8.21. The number of nitrogens with zero attached hydrogens (tertiary/aromatic N) is 1. The van der Waals surface area contributed by atoms with Gasteiger partial charge in [0.05, 0.1) is 6.04 Å². The molecule has 0 aliphatic rings. The minimum atomic E-state index is -0.502. The van der Waals surface area contributed by atoms with Crippen molar-refractivity contribution in [3.63, 3.8) is 0 Å². The molecule has 0 bridgehead atoms. The predicted molar refractivity (Wildman–Crippen MR) is 62.6 cm³/mol. The van der Waals surface area contributed by atoms with Crippen molar-refractivity contribution in [2.45, 2.75) is 13.0 Å². The molecule has 0 radical (unpaired) electrons. The average molecular weight is 285 g/mol. The van der Waals surface area contributed by atoms with Crippen molar-refractivity contribution in [2.24, 2.45) is 0 Å². The molecule has 0 saturated carbocycles. The summed E-state index contributed by atoms with van der Waals surface area (Å²) in [5.41, 5.74) is 0. The largest absolute Gasteiger partial charge is 0.452 e. The van der Waals surface area contributed by atoms with Crippen molar-refractivity contribution < 1.29 is 8.81 Å². The van der Waals surface area contributed by atoms with Gasteiger partial charge in [-0.2, -0.15) is 4.39 Å². The number of aromatic nitrogens is 1. The van der Waals surface area contributed by atoms with Crippen molar-refractivity contribution in [3.8, 4) is 0 Å². The van der Waals surface area contributed by atoms with E-state index in [-0.39, 0.29) is 6.04 Å². The highest BCUT2D eigenvalue weighted by atomic mass is 79.9. The van der Waals surface area contributed by atoms with Gasteiger partial charge in [-0.1, -0.05) is 6.07 Å². The summed E-state index contributed by atoms with van der Waals surface area (Å²) in [6.07, 6.45) is 0. The third kappa shape index (κ3) is 2.61. The second kappa shape index (κ2) is 4.65. The molecule has 0 spiro atoms. The van der Waals surface area contributed by atoms with Crippen LogP contribution >= 0.6 is 15.9 Å². The molecular weight excluding hydrogens is 275 g/mol. The molecule has 2 rings (SSSR count). The minimum absolute atomic E-state index is 0.0689. The standard InChI is InChI=1S/C11H10BrFN2O/c1-7(8-5-6-9(12)16-8)14-11-4-2-3-10(13)15-11/h2-7H,1H3,(H,14,15). The Kier molecular flexibility index (Phi) is 3.24. The number of furan rings is 1. The van der Waals surface area contributed by atoms with Gasteiger partial charge in [0.1, 0.15) is 11.6 Å². The maximum absolute atomic E-state index is 12.8. The fourth-order valence-corrected chi connectivity index (χ4v) is 1.66. The zero-order valence-electron chi connectivity index (χ0n) is 8.58. The summed E-state index contributed by atoms with van der Waals surface area (Å²) in [6.45, 7) is 1.91. The van der Waals surface area contributed by atoms with Crippen LogP contribution in [0.25, 0.3) is 0 Å². The molecule has 5 heteroatoms. The van der Waals surface area contributed by atoms with Gasteiger partial charge in [-0.05, 0) is 47.1 Å². The molecule has 2 heterocycles. The minimum Gasteiger partial charge on any atom is -0.452 e. The van der Waals surface area contributed by atoms with Crippen LogP contribution in [0.15, 0.2) is 39.4 Å². The van der Waals surface area contributed by atoms with Crippen molar-refractivity contribution in [1.29, 1.82) is 0 Å². The van der Waals surface area contributed by atoms with Crippen LogP contribution < -0.4 is 5.32 Å². The van der Waals surface area contributed by atoms with Crippen molar-refractivity contribution in [1.82, 2.24) is 4.98 Å². The zero-order chi connectivity index (χ0) is 11.5. The van der Waals surface area contributed by atoms with E-state index in [9.17, 15) is 4.39 Å². The Morgan fingerprint density at radius 1 is 1.38 bits per heavy atom. The smallest absolute Gasteiger partial charge is 0.214 e. The van der Waals surface area contributed by atoms with Crippen LogP contribution in [0.1, 0.15) is 18.7 Å². The first-order valence-electron chi connectivity index (χ1n) is 4.79. The number of hydrogen-bond acceptors (Lipinski definition) is 3. The number of hydrogen-bond donors (Lipinski definition) is 1. The Bertz CT molecular complexity index is 486. The Hall–Kier alpha value is -1.36. The van der Waals surface area contributed by atoms with E-state index in [1.165, 1.54) is 6.07 Å². The Morgan fingerprint density at radius 2 is 2.19 bits per heavy atom. The van der Waals surface area contributed by atoms with Crippen LogP contribution in [0.5, 0.6) is 0 Å². The maximum Gasteiger partial charge on any atom is 0.214 e. The van der Waals surface area contributed by atoms with Gasteiger partial charge in [0.15, 0.2) is 4.67 Å². The van der Waals surface area contributed by atoms with Gasteiger partial charge in [0, 0.05) is 0 Å². The van der Waals surface area contributed by atoms with Crippen molar-refractivity contribution in [3.05, 3.63) is 46.7 Å². The molecule has 1 atom stereocenters. The summed E-state index contributed by atoms with van der Waals surface area (Å²) in [5.74, 6) is 0.746. The molecule has 0 aliphatic heterocycles. The van der Waals surface area contributed by atoms with Crippen LogP contribution in [-0.2, 0) is 0 Å². The third-order valence-corrected chi connectivity index (χ3v) is 2.53. The van der Waals surface area contributed by atoms with Crippen LogP contribution in [0, 0.1) is 5.95 Å². The molecule has 0 saturated heterocycles. The summed E-state index contributed by atoms with van der Waals surface area (Å²) in [4.78, 5) is 3.71. The summed E-state index contributed by atoms with van der Waals surface area (Å²) >= 11 is 3.23. The molecule has 3 nitrogen and oxygen atoms in total. The molecule has 0 fully saturated rings. The molecule has 1 unspecified atom stereocenters. The average Bonchev–Trinajstić information content (AvgIpc) is 2.65. The lowest BCUT2D eigenvalue weighted by Gasteiger charge is -2.11. The molecule has 1 N–H and O–H groups in total. The van der Waals surface area contributed by atoms with E-state index in [1.54, 1.807) is 12.1 Å². The van der Waals surface area contributed by atoms with Gasteiger partial charge in [-0.3, -0.25) is 0 Å². The van der Waals surface area contributed by atoms with Gasteiger partial charge in [0.25, 0.3) is 0 Å². The van der Waals surface area contributed by atoms with Gasteiger partial charge in [0.2, 0.25) is 5.95 Å². The highest BCUT2D eigenvalue weighted by molar-refractivity contribution is 9.10. The molecule has 16 heavy (non-hydrogen) atoms. The van der Waals surface area contributed by atoms with Crippen LogP contribution in [0.4, 0.5) is 10.2 Å². The van der Waals surface area contributed by atoms with Gasteiger partial charge in [-0.25, -0.2) is 4.98 Å². The van der Waals surface area contributed by atoms with E-state index < -0.39 is 5.95 Å². The van der Waals surface area contributed by atoms with E-state index in [0.29, 0.717) is 10.5 Å². The van der Waals surface area contributed by atoms with Crippen molar-refractivity contribution in [2.75, 3.05) is 5.32 Å². The molecule has 2 aromatic heterocycles. The maximum atomic E-state index is 12.8. The van der Waals surface area contributed by atoms with Gasteiger partial charge >= 0.3 is 0 Å². The van der Waals surface area contributed by atoms with E-state index in [0.717, 1.165) is 5.76 Å². The molecule has 0 amide bonds. The molecule has 0 aromatic carbocycles. The topological polar surface area (TPSA) is 38.1 Å². The molecule has 84 valence electrons. The second-order valence-electron chi connectivity index (χ2n) is 3.35. The highest BCUT2D eigenvalue weighted by Crippen LogP contribution is 2.22. The fraction of sp³-hybridized carbons (Fsp3) is 0.182. The lowest BCUT2D eigenvalue weighted by atomic mass is 10.2. The zero-order valence-corrected chi connectivity index (χ0v) is 10.2. The monoisotopic (exact) mass is 284 g/mol. The summed E-state index contributed by atoms with van der Waals surface area (Å²) < 4.78 is 18.9. The van der Waals surface area contributed by atoms with Gasteiger partial charge < -0.3 is 9.73 Å². The third-order valence-electron chi connectivity index (χ3n) is 2.10. The molecule has 0 aliphatic carbocycles. The van der Waals surface area contributed by atoms with E-state index in [1.807, 2.05) is 19.1 Å². The number of nitrogens with one attached hydrogen (secondary N) is 1. The molecular formula is C11H10BrFN2O. The summed E-state index contributed by atoms with van der Waals surface area (Å²) in [7, 11) is 0. The van der Waals surface area contributed by atoms with Crippen LogP contribution in [0.3, 0.4) is 0 Å². The second-order valence-corrected chi connectivity index (χ2v) is 4.14. The quantitative estimate of drug-likeness (QED) is 0.873. The first-order valence-corrected chi connectivity index (χ1v) is 5.59. The predicted octanol–water partition coefficient (Wildman–Crippen LogP) is 3.75. The van der Waals surface area contributed by atoms with E-state index in [2.05, 4.69) is 26.2 Å². The Balaban J connectivity index is 2.10. The summed E-state index contributed by atoms with van der Waals surface area (Å²) in [5, 5.41) is 3.05. The van der Waals surface area contributed by atoms with E-state index >= 15 is 0 Å². The normalized spacial score (nSPS) is 12.4. The molecule has 2 aromatic rings. The van der Waals surface area contributed by atoms with Crippen molar-refractivity contribution >= 4 is 21.7 Å². The lowest BCUT2D eigenvalue weighted by Crippen LogP contribution is -2.07. The number of pyridine rings is 1. The first kappa shape index (κ1) is 11.1. The Labute approximate surface area is 101 Å². The fourth-order valence-electron chi connectivity index (χ4n) is 1.34. The van der Waals surface area contributed by atoms with Gasteiger partial charge in [-0.15, -0.1) is 0 Å². The number of halogens is 2. The lowest BCUT2D eigenvalue weighted by molar-refractivity contribution is 0.470.